The van der Waals surface area contributed by atoms with Crippen molar-refractivity contribution in [3.8, 4) is 0 Å². The number of aliphatic carboxylic acids is 1. The highest BCUT2D eigenvalue weighted by Crippen LogP contribution is 2.19. The van der Waals surface area contributed by atoms with Gasteiger partial charge in [0.1, 0.15) is 0 Å². The fourth-order valence-corrected chi connectivity index (χ4v) is 2.50. The molecule has 0 radical (unpaired) electrons. The van der Waals surface area contributed by atoms with Crippen LogP contribution in [-0.2, 0) is 14.4 Å². The average molecular weight is 298 g/mol. The monoisotopic (exact) mass is 298 g/mol. The molecule has 0 aliphatic carbocycles. The Hall–Kier alpha value is -1.59. The summed E-state index contributed by atoms with van der Waals surface area (Å²) in [6.45, 7) is 6.83. The van der Waals surface area contributed by atoms with E-state index in [-0.39, 0.29) is 36.1 Å². The molecule has 1 aliphatic rings. The number of hydrogen-bond donors (Lipinski definition) is 2. The van der Waals surface area contributed by atoms with Crippen LogP contribution < -0.4 is 5.32 Å². The van der Waals surface area contributed by atoms with Crippen molar-refractivity contribution < 1.29 is 19.5 Å². The van der Waals surface area contributed by atoms with Gasteiger partial charge in [-0.25, -0.2) is 0 Å². The van der Waals surface area contributed by atoms with Gasteiger partial charge in [0.25, 0.3) is 0 Å². The summed E-state index contributed by atoms with van der Waals surface area (Å²) in [5.74, 6) is -0.815. The van der Waals surface area contributed by atoms with Crippen molar-refractivity contribution in [3.63, 3.8) is 0 Å². The van der Waals surface area contributed by atoms with Crippen LogP contribution in [0.3, 0.4) is 0 Å². The van der Waals surface area contributed by atoms with Crippen molar-refractivity contribution in [2.45, 2.75) is 52.5 Å². The number of carbonyl (C=O) groups is 3. The molecule has 0 aromatic carbocycles. The molecule has 1 fully saturated rings. The van der Waals surface area contributed by atoms with E-state index in [1.807, 2.05) is 25.7 Å². The van der Waals surface area contributed by atoms with Crippen molar-refractivity contribution in [2.75, 3.05) is 13.1 Å². The Kier molecular flexibility index (Phi) is 6.65. The molecule has 0 aromatic rings. The van der Waals surface area contributed by atoms with Gasteiger partial charge in [0.15, 0.2) is 0 Å². The maximum atomic E-state index is 12.1. The topological polar surface area (TPSA) is 86.7 Å². The van der Waals surface area contributed by atoms with Gasteiger partial charge < -0.3 is 15.3 Å². The van der Waals surface area contributed by atoms with Crippen LogP contribution in [0.2, 0.25) is 0 Å². The maximum absolute atomic E-state index is 12.1. The van der Waals surface area contributed by atoms with Crippen LogP contribution in [0.5, 0.6) is 0 Å². The number of carboxylic acids is 1. The summed E-state index contributed by atoms with van der Waals surface area (Å²) in [5, 5.41) is 11.5. The molecule has 21 heavy (non-hydrogen) atoms. The van der Waals surface area contributed by atoms with Gasteiger partial charge in [0, 0.05) is 37.4 Å². The quantitative estimate of drug-likeness (QED) is 0.772. The first-order valence-corrected chi connectivity index (χ1v) is 7.62. The van der Waals surface area contributed by atoms with E-state index in [1.54, 1.807) is 0 Å². The zero-order valence-electron chi connectivity index (χ0n) is 13.1. The number of likely N-dealkylation sites (tertiary alicyclic amines) is 1. The van der Waals surface area contributed by atoms with Gasteiger partial charge in [-0.1, -0.05) is 13.8 Å². The summed E-state index contributed by atoms with van der Waals surface area (Å²) in [6.07, 6.45) is 1.85. The fourth-order valence-electron chi connectivity index (χ4n) is 2.50. The summed E-state index contributed by atoms with van der Waals surface area (Å²) in [6, 6.07) is -0.135. The van der Waals surface area contributed by atoms with E-state index in [4.69, 9.17) is 5.11 Å². The molecule has 0 saturated carbocycles. The number of carbonyl (C=O) groups excluding carboxylic acids is 2. The standard InChI is InChI=1S/C15H26N2O4/c1-10(2)15(21)17-8-6-12(7-9-17)14(20)16-11(3)4-5-13(18)19/h10-12H,4-9H2,1-3H3,(H,16,20)(H,18,19). The van der Waals surface area contributed by atoms with Crippen LogP contribution >= 0.6 is 0 Å². The molecule has 120 valence electrons. The van der Waals surface area contributed by atoms with Crippen molar-refractivity contribution in [3.05, 3.63) is 0 Å². The van der Waals surface area contributed by atoms with Crippen LogP contribution in [0.25, 0.3) is 0 Å². The lowest BCUT2D eigenvalue weighted by Crippen LogP contribution is -2.45. The Morgan fingerprint density at radius 1 is 1.19 bits per heavy atom. The Morgan fingerprint density at radius 3 is 2.24 bits per heavy atom. The number of amides is 2. The molecular formula is C15H26N2O4. The second kappa shape index (κ2) is 8.00. The van der Waals surface area contributed by atoms with Gasteiger partial charge in [0.05, 0.1) is 0 Å². The second-order valence-corrected chi connectivity index (χ2v) is 6.10. The molecule has 1 rings (SSSR count). The third-order valence-electron chi connectivity index (χ3n) is 3.85. The van der Waals surface area contributed by atoms with Crippen LogP contribution in [0, 0.1) is 11.8 Å². The molecular weight excluding hydrogens is 272 g/mol. The first-order chi connectivity index (χ1) is 9.81. The van der Waals surface area contributed by atoms with Gasteiger partial charge in [-0.15, -0.1) is 0 Å². The molecule has 6 heteroatoms. The maximum Gasteiger partial charge on any atom is 0.303 e. The van der Waals surface area contributed by atoms with Crippen LogP contribution in [0.1, 0.15) is 46.5 Å². The van der Waals surface area contributed by atoms with Crippen LogP contribution in [-0.4, -0.2) is 46.9 Å². The molecule has 1 aliphatic heterocycles. The lowest BCUT2D eigenvalue weighted by atomic mass is 9.94. The predicted octanol–water partition coefficient (Wildman–Crippen LogP) is 1.25. The minimum absolute atomic E-state index is 0.00795. The summed E-state index contributed by atoms with van der Waals surface area (Å²) in [4.78, 5) is 36.3. The number of rotatable bonds is 6. The smallest absolute Gasteiger partial charge is 0.303 e. The Morgan fingerprint density at radius 2 is 1.76 bits per heavy atom. The first-order valence-electron chi connectivity index (χ1n) is 7.62. The number of hydrogen-bond acceptors (Lipinski definition) is 3. The Balaban J connectivity index is 2.35. The summed E-state index contributed by atoms with van der Waals surface area (Å²) < 4.78 is 0. The number of nitrogens with zero attached hydrogens (tertiary/aromatic N) is 1. The van der Waals surface area contributed by atoms with Gasteiger partial charge >= 0.3 is 5.97 Å². The Bertz CT molecular complexity index is 387. The normalized spacial score (nSPS) is 17.6. The first kappa shape index (κ1) is 17.5. The highest BCUT2D eigenvalue weighted by Gasteiger charge is 2.28. The number of nitrogens with one attached hydrogen (secondary N) is 1. The third-order valence-corrected chi connectivity index (χ3v) is 3.85. The lowest BCUT2D eigenvalue weighted by molar-refractivity contribution is -0.138. The van der Waals surface area contributed by atoms with E-state index in [2.05, 4.69) is 5.32 Å². The molecule has 0 spiro atoms. The predicted molar refractivity (Wildman–Crippen MR) is 78.6 cm³/mol. The summed E-state index contributed by atoms with van der Waals surface area (Å²) >= 11 is 0. The third kappa shape index (κ3) is 5.73. The van der Waals surface area contributed by atoms with E-state index in [0.717, 1.165) is 0 Å². The fraction of sp³-hybridized carbons (Fsp3) is 0.800. The zero-order valence-corrected chi connectivity index (χ0v) is 13.1. The molecule has 2 N–H and O–H groups in total. The molecule has 2 amide bonds. The highest BCUT2D eigenvalue weighted by molar-refractivity contribution is 5.81. The van der Waals surface area contributed by atoms with E-state index in [1.165, 1.54) is 0 Å². The summed E-state index contributed by atoms with van der Waals surface area (Å²) in [5.41, 5.74) is 0. The van der Waals surface area contributed by atoms with Gasteiger partial charge in [-0.05, 0) is 26.2 Å². The zero-order chi connectivity index (χ0) is 16.0. The van der Waals surface area contributed by atoms with Crippen LogP contribution in [0.4, 0.5) is 0 Å². The van der Waals surface area contributed by atoms with E-state index >= 15 is 0 Å². The minimum Gasteiger partial charge on any atom is -0.481 e. The van der Waals surface area contributed by atoms with Gasteiger partial charge in [-0.3, -0.25) is 14.4 Å². The lowest BCUT2D eigenvalue weighted by Gasteiger charge is -2.33. The SMILES string of the molecule is CC(CCC(=O)O)NC(=O)C1CCN(C(=O)C(C)C)CC1. The molecule has 1 unspecified atom stereocenters. The number of carboxylic acid groups (broad SMARTS) is 1. The molecule has 0 aromatic heterocycles. The largest absolute Gasteiger partial charge is 0.481 e. The van der Waals surface area contributed by atoms with Crippen molar-refractivity contribution in [1.29, 1.82) is 0 Å². The van der Waals surface area contributed by atoms with Crippen molar-refractivity contribution in [2.24, 2.45) is 11.8 Å². The van der Waals surface area contributed by atoms with E-state index in [0.29, 0.717) is 32.4 Å². The molecule has 1 saturated heterocycles. The molecule has 6 nitrogen and oxygen atoms in total. The highest BCUT2D eigenvalue weighted by atomic mass is 16.4. The second-order valence-electron chi connectivity index (χ2n) is 6.10. The molecule has 0 bridgehead atoms. The molecule has 1 heterocycles. The average Bonchev–Trinajstić information content (AvgIpc) is 2.44. The molecule has 1 atom stereocenters. The van der Waals surface area contributed by atoms with Gasteiger partial charge in [-0.2, -0.15) is 0 Å². The van der Waals surface area contributed by atoms with E-state index in [9.17, 15) is 14.4 Å². The van der Waals surface area contributed by atoms with E-state index < -0.39 is 5.97 Å². The Labute approximate surface area is 125 Å². The van der Waals surface area contributed by atoms with Crippen molar-refractivity contribution >= 4 is 17.8 Å². The van der Waals surface area contributed by atoms with Crippen molar-refractivity contribution in [1.82, 2.24) is 10.2 Å². The van der Waals surface area contributed by atoms with Gasteiger partial charge in [0.2, 0.25) is 11.8 Å². The summed E-state index contributed by atoms with van der Waals surface area (Å²) in [7, 11) is 0. The number of piperidine rings is 1. The minimum atomic E-state index is -0.850. The van der Waals surface area contributed by atoms with Crippen LogP contribution in [0.15, 0.2) is 0 Å².